The fourth-order valence-corrected chi connectivity index (χ4v) is 2.59. The number of guanidine groups is 2. The van der Waals surface area contributed by atoms with Gasteiger partial charge in [0.05, 0.1) is 6.42 Å². The van der Waals surface area contributed by atoms with Crippen LogP contribution >= 0.6 is 0 Å². The standard InChI is InChI=1S/C19H19FN6O2/c1-11-4-2-6-13(8-11)23-18(21)26-19-24-15(17(28)25-19)10-16(27)22-14-7-3-5-12(20)9-14/h2-9,15H,10H2,1H3,(H,22,27)(H4,21,23,24,25,26,28). The van der Waals surface area contributed by atoms with Crippen molar-refractivity contribution >= 4 is 35.1 Å². The zero-order chi connectivity index (χ0) is 20.1. The molecule has 2 amide bonds. The number of aliphatic imine (C=N–C) groups is 2. The number of rotatable bonds is 4. The molecule has 1 aliphatic heterocycles. The Kier molecular flexibility index (Phi) is 5.64. The molecule has 0 saturated carbocycles. The number of hydrogen-bond acceptors (Lipinski definition) is 4. The van der Waals surface area contributed by atoms with Crippen LogP contribution in [0.15, 0.2) is 58.5 Å². The van der Waals surface area contributed by atoms with Gasteiger partial charge < -0.3 is 16.4 Å². The Bertz CT molecular complexity index is 972. The molecule has 0 aromatic heterocycles. The van der Waals surface area contributed by atoms with E-state index in [4.69, 9.17) is 5.73 Å². The van der Waals surface area contributed by atoms with Gasteiger partial charge in [0.1, 0.15) is 11.9 Å². The van der Waals surface area contributed by atoms with Crippen LogP contribution in [-0.4, -0.2) is 29.8 Å². The molecule has 144 valence electrons. The van der Waals surface area contributed by atoms with Crippen LogP contribution in [0.1, 0.15) is 12.0 Å². The van der Waals surface area contributed by atoms with Crippen molar-refractivity contribution in [1.82, 2.24) is 5.32 Å². The van der Waals surface area contributed by atoms with E-state index in [0.29, 0.717) is 5.69 Å². The number of benzene rings is 2. The van der Waals surface area contributed by atoms with Crippen molar-refractivity contribution < 1.29 is 14.0 Å². The fraction of sp³-hybridized carbons (Fsp3) is 0.158. The summed E-state index contributed by atoms with van der Waals surface area (Å²) in [4.78, 5) is 32.2. The highest BCUT2D eigenvalue weighted by Gasteiger charge is 2.28. The average molecular weight is 382 g/mol. The SMILES string of the molecule is Cc1cccc(N/C(N)=N/C2=NC(CC(=O)Nc3cccc(F)c3)C(=O)N2)c1. The predicted molar refractivity (Wildman–Crippen MR) is 105 cm³/mol. The van der Waals surface area contributed by atoms with Crippen molar-refractivity contribution in [3.8, 4) is 0 Å². The average Bonchev–Trinajstić information content (AvgIpc) is 2.93. The molecule has 0 bridgehead atoms. The fourth-order valence-electron chi connectivity index (χ4n) is 2.59. The maximum Gasteiger partial charge on any atom is 0.252 e. The van der Waals surface area contributed by atoms with Gasteiger partial charge in [-0.3, -0.25) is 14.9 Å². The number of nitrogens with two attached hydrogens (primary N) is 1. The highest BCUT2D eigenvalue weighted by atomic mass is 19.1. The predicted octanol–water partition coefficient (Wildman–Crippen LogP) is 1.74. The third-order valence-corrected chi connectivity index (χ3v) is 3.82. The van der Waals surface area contributed by atoms with E-state index in [9.17, 15) is 14.0 Å². The first-order chi connectivity index (χ1) is 13.4. The quantitative estimate of drug-likeness (QED) is 0.475. The number of aryl methyl sites for hydroxylation is 1. The molecule has 9 heteroatoms. The van der Waals surface area contributed by atoms with Gasteiger partial charge in [-0.05, 0) is 42.8 Å². The second kappa shape index (κ2) is 8.30. The molecule has 0 aliphatic carbocycles. The first kappa shape index (κ1) is 19.0. The van der Waals surface area contributed by atoms with Crippen LogP contribution in [0.4, 0.5) is 15.8 Å². The Morgan fingerprint density at radius 2 is 1.93 bits per heavy atom. The summed E-state index contributed by atoms with van der Waals surface area (Å²) in [5.41, 5.74) is 7.94. The zero-order valence-electron chi connectivity index (χ0n) is 15.1. The Hall–Kier alpha value is -3.75. The van der Waals surface area contributed by atoms with Crippen molar-refractivity contribution in [2.75, 3.05) is 10.6 Å². The number of carbonyl (C=O) groups excluding carboxylic acids is 2. The third kappa shape index (κ3) is 5.13. The number of hydrogen-bond donors (Lipinski definition) is 4. The van der Waals surface area contributed by atoms with Crippen LogP contribution in [0, 0.1) is 12.7 Å². The summed E-state index contributed by atoms with van der Waals surface area (Å²) in [6.07, 6.45) is -0.202. The van der Waals surface area contributed by atoms with Gasteiger partial charge in [-0.25, -0.2) is 9.38 Å². The van der Waals surface area contributed by atoms with Gasteiger partial charge in [0, 0.05) is 11.4 Å². The van der Waals surface area contributed by atoms with Crippen molar-refractivity contribution in [1.29, 1.82) is 0 Å². The lowest BCUT2D eigenvalue weighted by Crippen LogP contribution is -2.32. The van der Waals surface area contributed by atoms with E-state index < -0.39 is 23.7 Å². The summed E-state index contributed by atoms with van der Waals surface area (Å²) in [6, 6.07) is 12.1. The van der Waals surface area contributed by atoms with Gasteiger partial charge >= 0.3 is 0 Å². The molecular weight excluding hydrogens is 363 g/mol. The molecule has 0 spiro atoms. The van der Waals surface area contributed by atoms with E-state index in [1.165, 1.54) is 18.2 Å². The first-order valence-corrected chi connectivity index (χ1v) is 8.51. The van der Waals surface area contributed by atoms with E-state index in [1.54, 1.807) is 6.07 Å². The summed E-state index contributed by atoms with van der Waals surface area (Å²) < 4.78 is 13.2. The molecule has 1 atom stereocenters. The van der Waals surface area contributed by atoms with Crippen LogP contribution in [0.25, 0.3) is 0 Å². The smallest absolute Gasteiger partial charge is 0.252 e. The third-order valence-electron chi connectivity index (χ3n) is 3.82. The Morgan fingerprint density at radius 3 is 2.64 bits per heavy atom. The van der Waals surface area contributed by atoms with Crippen LogP contribution in [0.2, 0.25) is 0 Å². The maximum absolute atomic E-state index is 13.2. The molecule has 5 N–H and O–H groups in total. The molecule has 0 radical (unpaired) electrons. The molecule has 1 unspecified atom stereocenters. The van der Waals surface area contributed by atoms with E-state index in [0.717, 1.165) is 11.3 Å². The summed E-state index contributed by atoms with van der Waals surface area (Å²) in [6.45, 7) is 1.94. The number of halogens is 1. The van der Waals surface area contributed by atoms with Crippen LogP contribution < -0.4 is 21.7 Å². The lowest BCUT2D eigenvalue weighted by atomic mass is 10.2. The number of amides is 2. The molecule has 8 nitrogen and oxygen atoms in total. The Labute approximate surface area is 160 Å². The largest absolute Gasteiger partial charge is 0.369 e. The van der Waals surface area contributed by atoms with Crippen molar-refractivity contribution in [3.05, 3.63) is 59.9 Å². The van der Waals surface area contributed by atoms with Gasteiger partial charge in [-0.15, -0.1) is 0 Å². The van der Waals surface area contributed by atoms with Gasteiger partial charge in [0.2, 0.25) is 17.8 Å². The summed E-state index contributed by atoms with van der Waals surface area (Å²) >= 11 is 0. The molecule has 2 aromatic carbocycles. The van der Waals surface area contributed by atoms with E-state index in [2.05, 4.69) is 25.9 Å². The summed E-state index contributed by atoms with van der Waals surface area (Å²) in [5, 5.41) is 7.90. The lowest BCUT2D eigenvalue weighted by Gasteiger charge is -2.06. The van der Waals surface area contributed by atoms with Gasteiger partial charge in [0.25, 0.3) is 5.91 Å². The number of nitrogens with zero attached hydrogens (tertiary/aromatic N) is 2. The van der Waals surface area contributed by atoms with Crippen LogP contribution in [0.5, 0.6) is 0 Å². The highest BCUT2D eigenvalue weighted by Crippen LogP contribution is 2.13. The summed E-state index contributed by atoms with van der Waals surface area (Å²) in [5.74, 6) is -1.33. The van der Waals surface area contributed by atoms with E-state index in [1.807, 2.05) is 31.2 Å². The topological polar surface area (TPSA) is 121 Å². The monoisotopic (exact) mass is 382 g/mol. The van der Waals surface area contributed by atoms with Gasteiger partial charge in [0.15, 0.2) is 0 Å². The number of carbonyl (C=O) groups is 2. The molecule has 28 heavy (non-hydrogen) atoms. The minimum Gasteiger partial charge on any atom is -0.369 e. The molecular formula is C19H19FN6O2. The van der Waals surface area contributed by atoms with Gasteiger partial charge in [-0.1, -0.05) is 18.2 Å². The van der Waals surface area contributed by atoms with E-state index in [-0.39, 0.29) is 18.3 Å². The maximum atomic E-state index is 13.2. The van der Waals surface area contributed by atoms with Crippen molar-refractivity contribution in [2.24, 2.45) is 15.7 Å². The molecule has 1 heterocycles. The minimum atomic E-state index is -0.931. The lowest BCUT2D eigenvalue weighted by molar-refractivity contribution is -0.123. The van der Waals surface area contributed by atoms with Gasteiger partial charge in [-0.2, -0.15) is 4.99 Å². The van der Waals surface area contributed by atoms with Crippen molar-refractivity contribution in [3.63, 3.8) is 0 Å². The molecule has 3 rings (SSSR count). The van der Waals surface area contributed by atoms with Crippen LogP contribution in [0.3, 0.4) is 0 Å². The van der Waals surface area contributed by atoms with E-state index >= 15 is 0 Å². The summed E-state index contributed by atoms with van der Waals surface area (Å²) in [7, 11) is 0. The Balaban J connectivity index is 1.61. The Morgan fingerprint density at radius 1 is 1.21 bits per heavy atom. The van der Waals surface area contributed by atoms with Crippen LogP contribution in [-0.2, 0) is 9.59 Å². The minimum absolute atomic E-state index is 0.0196. The first-order valence-electron chi connectivity index (χ1n) is 8.51. The highest BCUT2D eigenvalue weighted by molar-refractivity contribution is 6.11. The molecule has 0 fully saturated rings. The second-order valence-electron chi connectivity index (χ2n) is 6.21. The molecule has 0 saturated heterocycles. The normalized spacial score (nSPS) is 16.4. The molecule has 1 aliphatic rings. The second-order valence-corrected chi connectivity index (χ2v) is 6.21. The number of nitrogens with one attached hydrogen (secondary N) is 3. The number of anilines is 2. The zero-order valence-corrected chi connectivity index (χ0v) is 15.1. The van der Waals surface area contributed by atoms with Crippen molar-refractivity contribution in [2.45, 2.75) is 19.4 Å². The molecule has 2 aromatic rings.